The minimum absolute atomic E-state index is 0.0332. The van der Waals surface area contributed by atoms with Crippen molar-refractivity contribution >= 4 is 5.97 Å². The lowest BCUT2D eigenvalue weighted by molar-refractivity contribution is 0.0472. The Kier molecular flexibility index (Phi) is 4.46. The lowest BCUT2D eigenvalue weighted by Crippen LogP contribution is -2.06. The molecule has 0 fully saturated rings. The van der Waals surface area contributed by atoms with Gasteiger partial charge in [-0.15, -0.1) is 5.10 Å². The third kappa shape index (κ3) is 3.37. The van der Waals surface area contributed by atoms with Gasteiger partial charge in [-0.3, -0.25) is 0 Å². The molecule has 0 aliphatic rings. The summed E-state index contributed by atoms with van der Waals surface area (Å²) < 4.78 is 25.1. The molecule has 2 aromatic carbocycles. The van der Waals surface area contributed by atoms with Gasteiger partial charge >= 0.3 is 5.97 Å². The fourth-order valence-electron chi connectivity index (χ4n) is 2.06. The Morgan fingerprint density at radius 2 is 2.00 bits per heavy atom. The van der Waals surface area contributed by atoms with Crippen LogP contribution in [0.5, 0.6) is 5.75 Å². The van der Waals surface area contributed by atoms with Gasteiger partial charge in [0.2, 0.25) is 0 Å². The third-order valence-corrected chi connectivity index (χ3v) is 3.30. The summed E-state index contributed by atoms with van der Waals surface area (Å²) in [6, 6.07) is 11.0. The number of halogens is 1. The quantitative estimate of drug-likeness (QED) is 0.668. The number of methoxy groups -OCH3 is 1. The van der Waals surface area contributed by atoms with E-state index in [-0.39, 0.29) is 12.4 Å². The molecule has 0 amide bonds. The number of tetrazole rings is 1. The number of hydrogen-bond acceptors (Lipinski definition) is 6. The molecule has 0 radical (unpaired) electrons. The highest BCUT2D eigenvalue weighted by Gasteiger charge is 2.10. The maximum Gasteiger partial charge on any atom is 0.338 e. The second kappa shape index (κ2) is 6.86. The van der Waals surface area contributed by atoms with Gasteiger partial charge in [-0.2, -0.15) is 0 Å². The Hall–Kier alpha value is -3.29. The van der Waals surface area contributed by atoms with E-state index in [9.17, 15) is 9.18 Å². The molecule has 24 heavy (non-hydrogen) atoms. The second-order valence-electron chi connectivity index (χ2n) is 4.85. The van der Waals surface area contributed by atoms with E-state index in [0.717, 1.165) is 0 Å². The maximum absolute atomic E-state index is 13.6. The average molecular weight is 328 g/mol. The number of ether oxygens (including phenoxy) is 2. The number of carbonyl (C=O) groups is 1. The zero-order valence-corrected chi connectivity index (χ0v) is 12.7. The smallest absolute Gasteiger partial charge is 0.338 e. The van der Waals surface area contributed by atoms with Crippen LogP contribution in [0.2, 0.25) is 0 Å². The molecule has 0 spiro atoms. The lowest BCUT2D eigenvalue weighted by Gasteiger charge is -2.07. The first kappa shape index (κ1) is 15.6. The first-order valence-electron chi connectivity index (χ1n) is 7.00. The zero-order valence-electron chi connectivity index (χ0n) is 12.7. The van der Waals surface area contributed by atoms with Crippen molar-refractivity contribution in [3.05, 3.63) is 65.7 Å². The topological polar surface area (TPSA) is 79.1 Å². The van der Waals surface area contributed by atoms with E-state index in [1.165, 1.54) is 30.3 Å². The summed E-state index contributed by atoms with van der Waals surface area (Å²) in [5, 5.41) is 10.8. The summed E-state index contributed by atoms with van der Waals surface area (Å²) in [5.41, 5.74) is 1.63. The van der Waals surface area contributed by atoms with Crippen molar-refractivity contribution < 1.29 is 18.7 Å². The van der Waals surface area contributed by atoms with E-state index >= 15 is 0 Å². The van der Waals surface area contributed by atoms with E-state index in [1.807, 2.05) is 0 Å². The van der Waals surface area contributed by atoms with Crippen molar-refractivity contribution in [1.82, 2.24) is 20.2 Å². The van der Waals surface area contributed by atoms with E-state index in [1.54, 1.807) is 30.3 Å². The van der Waals surface area contributed by atoms with Crippen LogP contribution in [0.25, 0.3) is 5.69 Å². The monoisotopic (exact) mass is 328 g/mol. The van der Waals surface area contributed by atoms with Gasteiger partial charge in [0.25, 0.3) is 0 Å². The maximum atomic E-state index is 13.6. The number of nitrogens with zero attached hydrogens (tertiary/aromatic N) is 4. The van der Waals surface area contributed by atoms with Crippen LogP contribution in [-0.4, -0.2) is 33.3 Å². The van der Waals surface area contributed by atoms with Gasteiger partial charge in [-0.25, -0.2) is 13.9 Å². The number of hydrogen-bond donors (Lipinski definition) is 0. The van der Waals surface area contributed by atoms with Crippen molar-refractivity contribution in [3.63, 3.8) is 0 Å². The first-order chi connectivity index (χ1) is 11.7. The van der Waals surface area contributed by atoms with Crippen LogP contribution in [0, 0.1) is 5.82 Å². The molecule has 0 saturated heterocycles. The van der Waals surface area contributed by atoms with Gasteiger partial charge in [-0.1, -0.05) is 6.07 Å². The van der Waals surface area contributed by atoms with Crippen LogP contribution >= 0.6 is 0 Å². The Morgan fingerprint density at radius 3 is 2.62 bits per heavy atom. The Balaban J connectivity index is 1.63. The van der Waals surface area contributed by atoms with Gasteiger partial charge in [-0.05, 0) is 52.4 Å². The molecule has 0 aliphatic heterocycles. The number of rotatable bonds is 5. The van der Waals surface area contributed by atoms with Crippen molar-refractivity contribution in [2.24, 2.45) is 0 Å². The summed E-state index contributed by atoms with van der Waals surface area (Å²) in [5.74, 6) is -0.866. The standard InChI is InChI=1S/C16H13FN4O3/c1-23-15-7-2-11(8-14(15)17)9-24-16(22)12-3-5-13(6-4-12)21-10-18-19-20-21/h2-8,10H,9H2,1H3. The molecule has 1 aromatic heterocycles. The summed E-state index contributed by atoms with van der Waals surface area (Å²) in [6.45, 7) is -0.0332. The van der Waals surface area contributed by atoms with Crippen molar-refractivity contribution in [1.29, 1.82) is 0 Å². The normalized spacial score (nSPS) is 10.4. The van der Waals surface area contributed by atoms with E-state index in [2.05, 4.69) is 15.5 Å². The number of carbonyl (C=O) groups excluding carboxylic acids is 1. The first-order valence-corrected chi connectivity index (χ1v) is 7.00. The molecule has 3 rings (SSSR count). The van der Waals surface area contributed by atoms with Gasteiger partial charge in [0.05, 0.1) is 18.4 Å². The van der Waals surface area contributed by atoms with Crippen molar-refractivity contribution in [2.75, 3.05) is 7.11 Å². The van der Waals surface area contributed by atoms with Crippen LogP contribution in [0.4, 0.5) is 4.39 Å². The highest BCUT2D eigenvalue weighted by atomic mass is 19.1. The molecule has 0 saturated carbocycles. The second-order valence-corrected chi connectivity index (χ2v) is 4.85. The predicted molar refractivity (Wildman–Crippen MR) is 81.2 cm³/mol. The average Bonchev–Trinajstić information content (AvgIpc) is 3.14. The molecule has 8 heteroatoms. The fraction of sp³-hybridized carbons (Fsp3) is 0.125. The summed E-state index contributed by atoms with van der Waals surface area (Å²) in [4.78, 5) is 12.0. The molecule has 0 bridgehead atoms. The van der Waals surface area contributed by atoms with Gasteiger partial charge in [0.15, 0.2) is 11.6 Å². The SMILES string of the molecule is COc1ccc(COC(=O)c2ccc(-n3cnnn3)cc2)cc1F. The summed E-state index contributed by atoms with van der Waals surface area (Å²) in [7, 11) is 1.39. The predicted octanol–water partition coefficient (Wildman–Crippen LogP) is 2.17. The van der Waals surface area contributed by atoms with E-state index < -0.39 is 11.8 Å². The number of benzene rings is 2. The molecule has 122 valence electrons. The Labute approximate surface area is 136 Å². The summed E-state index contributed by atoms with van der Waals surface area (Å²) >= 11 is 0. The molecule has 0 unspecified atom stereocenters. The molecule has 7 nitrogen and oxygen atoms in total. The molecule has 3 aromatic rings. The van der Waals surface area contributed by atoms with Crippen LogP contribution in [0.1, 0.15) is 15.9 Å². The van der Waals surface area contributed by atoms with Gasteiger partial charge in [0.1, 0.15) is 12.9 Å². The molecule has 0 atom stereocenters. The van der Waals surface area contributed by atoms with Crippen LogP contribution in [-0.2, 0) is 11.3 Å². The Bertz CT molecular complexity index is 835. The van der Waals surface area contributed by atoms with Crippen LogP contribution in [0.3, 0.4) is 0 Å². The minimum atomic E-state index is -0.505. The third-order valence-electron chi connectivity index (χ3n) is 3.30. The molecule has 0 aliphatic carbocycles. The molecular formula is C16H13FN4O3. The highest BCUT2D eigenvalue weighted by Crippen LogP contribution is 2.18. The summed E-state index contributed by atoms with van der Waals surface area (Å²) in [6.07, 6.45) is 1.45. The number of esters is 1. The van der Waals surface area contributed by atoms with Crippen LogP contribution < -0.4 is 4.74 Å². The zero-order chi connectivity index (χ0) is 16.9. The van der Waals surface area contributed by atoms with Gasteiger partial charge in [0, 0.05) is 0 Å². The highest BCUT2D eigenvalue weighted by molar-refractivity contribution is 5.89. The van der Waals surface area contributed by atoms with Gasteiger partial charge < -0.3 is 9.47 Å². The Morgan fingerprint density at radius 1 is 1.21 bits per heavy atom. The lowest BCUT2D eigenvalue weighted by atomic mass is 10.2. The van der Waals surface area contributed by atoms with Crippen molar-refractivity contribution in [2.45, 2.75) is 6.61 Å². The van der Waals surface area contributed by atoms with Crippen LogP contribution in [0.15, 0.2) is 48.8 Å². The van der Waals surface area contributed by atoms with Crippen molar-refractivity contribution in [3.8, 4) is 11.4 Å². The van der Waals surface area contributed by atoms with E-state index in [4.69, 9.17) is 9.47 Å². The van der Waals surface area contributed by atoms with E-state index in [0.29, 0.717) is 16.8 Å². The fourth-order valence-corrected chi connectivity index (χ4v) is 2.06. The number of aromatic nitrogens is 4. The molecule has 0 N–H and O–H groups in total. The minimum Gasteiger partial charge on any atom is -0.494 e. The largest absolute Gasteiger partial charge is 0.494 e. The molecular weight excluding hydrogens is 315 g/mol. The molecule has 1 heterocycles.